The molecule has 1 aromatic carbocycles. The van der Waals surface area contributed by atoms with Gasteiger partial charge < -0.3 is 14.8 Å². The Kier molecular flexibility index (Phi) is 4.92. The SMILES string of the molecule is CNC(Cc1ccc(OC)c(OC)c1)C1(C)CCCC1. The molecule has 1 aliphatic carbocycles. The number of ether oxygens (including phenoxy) is 2. The van der Waals surface area contributed by atoms with E-state index < -0.39 is 0 Å². The van der Waals surface area contributed by atoms with Crippen molar-refractivity contribution in [2.75, 3.05) is 21.3 Å². The van der Waals surface area contributed by atoms with Crippen LogP contribution in [-0.2, 0) is 6.42 Å². The number of benzene rings is 1. The molecular formula is C17H27NO2. The third-order valence-electron chi connectivity index (χ3n) is 4.82. The first-order chi connectivity index (χ1) is 9.62. The lowest BCUT2D eigenvalue weighted by Crippen LogP contribution is -2.41. The molecule has 112 valence electrons. The Bertz CT molecular complexity index is 439. The van der Waals surface area contributed by atoms with Gasteiger partial charge in [-0.1, -0.05) is 25.8 Å². The van der Waals surface area contributed by atoms with Crippen molar-refractivity contribution in [2.24, 2.45) is 5.41 Å². The molecule has 1 N–H and O–H groups in total. The molecule has 1 unspecified atom stereocenters. The Hall–Kier alpha value is -1.22. The molecule has 1 aliphatic rings. The maximum absolute atomic E-state index is 5.40. The molecule has 20 heavy (non-hydrogen) atoms. The Balaban J connectivity index is 2.15. The molecule has 0 radical (unpaired) electrons. The summed E-state index contributed by atoms with van der Waals surface area (Å²) in [4.78, 5) is 0. The summed E-state index contributed by atoms with van der Waals surface area (Å²) in [7, 11) is 5.44. The highest BCUT2D eigenvalue weighted by atomic mass is 16.5. The molecule has 1 saturated carbocycles. The molecule has 0 aliphatic heterocycles. The van der Waals surface area contributed by atoms with Crippen molar-refractivity contribution in [3.05, 3.63) is 23.8 Å². The first-order valence-electron chi connectivity index (χ1n) is 7.51. The minimum atomic E-state index is 0.419. The molecule has 3 nitrogen and oxygen atoms in total. The monoisotopic (exact) mass is 277 g/mol. The van der Waals surface area contributed by atoms with Gasteiger partial charge in [-0.15, -0.1) is 0 Å². The van der Waals surface area contributed by atoms with Crippen LogP contribution in [0.5, 0.6) is 11.5 Å². The van der Waals surface area contributed by atoms with Crippen LogP contribution >= 0.6 is 0 Å². The highest BCUT2D eigenvalue weighted by Gasteiger charge is 2.36. The summed E-state index contributed by atoms with van der Waals surface area (Å²) in [5, 5.41) is 3.53. The van der Waals surface area contributed by atoms with Crippen LogP contribution < -0.4 is 14.8 Å². The second-order valence-corrected chi connectivity index (χ2v) is 6.10. The Labute approximate surface area is 122 Å². The van der Waals surface area contributed by atoms with Crippen molar-refractivity contribution >= 4 is 0 Å². The summed E-state index contributed by atoms with van der Waals surface area (Å²) in [6.45, 7) is 2.42. The summed E-state index contributed by atoms with van der Waals surface area (Å²) < 4.78 is 10.7. The first kappa shape index (κ1) is 15.2. The number of rotatable bonds is 6. The minimum Gasteiger partial charge on any atom is -0.493 e. The first-order valence-corrected chi connectivity index (χ1v) is 7.51. The lowest BCUT2D eigenvalue weighted by molar-refractivity contribution is 0.229. The lowest BCUT2D eigenvalue weighted by Gasteiger charge is -2.34. The topological polar surface area (TPSA) is 30.5 Å². The largest absolute Gasteiger partial charge is 0.493 e. The molecule has 0 amide bonds. The molecule has 1 fully saturated rings. The maximum Gasteiger partial charge on any atom is 0.160 e. The smallest absolute Gasteiger partial charge is 0.160 e. The lowest BCUT2D eigenvalue weighted by atomic mass is 9.78. The van der Waals surface area contributed by atoms with Gasteiger partial charge in [0.25, 0.3) is 0 Å². The third kappa shape index (κ3) is 3.09. The van der Waals surface area contributed by atoms with E-state index in [0.717, 1.165) is 17.9 Å². The summed E-state index contributed by atoms with van der Waals surface area (Å²) in [6.07, 6.45) is 6.41. The number of likely N-dealkylation sites (N-methyl/N-ethyl adjacent to an activating group) is 1. The van der Waals surface area contributed by atoms with Crippen LogP contribution in [-0.4, -0.2) is 27.3 Å². The normalized spacial score (nSPS) is 18.8. The van der Waals surface area contributed by atoms with Crippen LogP contribution in [0.15, 0.2) is 18.2 Å². The average Bonchev–Trinajstić information content (AvgIpc) is 2.92. The van der Waals surface area contributed by atoms with E-state index in [1.165, 1.54) is 31.2 Å². The van der Waals surface area contributed by atoms with E-state index in [4.69, 9.17) is 9.47 Å². The van der Waals surface area contributed by atoms with Gasteiger partial charge >= 0.3 is 0 Å². The highest BCUT2D eigenvalue weighted by molar-refractivity contribution is 5.43. The third-order valence-corrected chi connectivity index (χ3v) is 4.82. The fourth-order valence-electron chi connectivity index (χ4n) is 3.47. The number of hydrogen-bond acceptors (Lipinski definition) is 3. The molecule has 1 atom stereocenters. The summed E-state index contributed by atoms with van der Waals surface area (Å²) in [6, 6.07) is 6.76. The van der Waals surface area contributed by atoms with Crippen molar-refractivity contribution < 1.29 is 9.47 Å². The number of hydrogen-bond donors (Lipinski definition) is 1. The number of nitrogens with one attached hydrogen (secondary N) is 1. The average molecular weight is 277 g/mol. The van der Waals surface area contributed by atoms with Crippen molar-refractivity contribution in [1.82, 2.24) is 5.32 Å². The highest BCUT2D eigenvalue weighted by Crippen LogP contribution is 2.41. The predicted octanol–water partition coefficient (Wildman–Crippen LogP) is 3.41. The van der Waals surface area contributed by atoms with Crippen molar-refractivity contribution in [2.45, 2.75) is 45.1 Å². The van der Waals surface area contributed by atoms with Gasteiger partial charge in [-0.2, -0.15) is 0 Å². The van der Waals surface area contributed by atoms with Gasteiger partial charge in [0.15, 0.2) is 11.5 Å². The van der Waals surface area contributed by atoms with Crippen LogP contribution in [0.25, 0.3) is 0 Å². The van der Waals surface area contributed by atoms with Crippen LogP contribution in [0.3, 0.4) is 0 Å². The zero-order chi connectivity index (χ0) is 14.6. The van der Waals surface area contributed by atoms with Gasteiger partial charge in [0.1, 0.15) is 0 Å². The Morgan fingerprint density at radius 3 is 2.35 bits per heavy atom. The molecule has 0 heterocycles. The van der Waals surface area contributed by atoms with Crippen LogP contribution in [0, 0.1) is 5.41 Å². The second-order valence-electron chi connectivity index (χ2n) is 6.10. The van der Waals surface area contributed by atoms with E-state index in [1.807, 2.05) is 6.07 Å². The van der Waals surface area contributed by atoms with E-state index in [9.17, 15) is 0 Å². The second kappa shape index (κ2) is 6.49. The number of methoxy groups -OCH3 is 2. The van der Waals surface area contributed by atoms with E-state index in [0.29, 0.717) is 11.5 Å². The predicted molar refractivity (Wildman–Crippen MR) is 82.7 cm³/mol. The molecule has 0 aromatic heterocycles. The quantitative estimate of drug-likeness (QED) is 0.864. The molecule has 2 rings (SSSR count). The van der Waals surface area contributed by atoms with E-state index >= 15 is 0 Å². The standard InChI is InChI=1S/C17H27NO2/c1-17(9-5-6-10-17)16(18-2)12-13-7-8-14(19-3)15(11-13)20-4/h7-8,11,16,18H,5-6,9-10,12H2,1-4H3. The van der Waals surface area contributed by atoms with Crippen LogP contribution in [0.1, 0.15) is 38.2 Å². The summed E-state index contributed by atoms with van der Waals surface area (Å²) >= 11 is 0. The fraction of sp³-hybridized carbons (Fsp3) is 0.647. The Morgan fingerprint density at radius 1 is 1.15 bits per heavy atom. The van der Waals surface area contributed by atoms with Crippen molar-refractivity contribution in [1.29, 1.82) is 0 Å². The maximum atomic E-state index is 5.40. The fourth-order valence-corrected chi connectivity index (χ4v) is 3.47. The van der Waals surface area contributed by atoms with Crippen molar-refractivity contribution in [3.8, 4) is 11.5 Å². The van der Waals surface area contributed by atoms with E-state index in [1.54, 1.807) is 14.2 Å². The molecule has 0 spiro atoms. The van der Waals surface area contributed by atoms with Crippen LogP contribution in [0.2, 0.25) is 0 Å². The van der Waals surface area contributed by atoms with Crippen molar-refractivity contribution in [3.63, 3.8) is 0 Å². The van der Waals surface area contributed by atoms with Gasteiger partial charge in [0.2, 0.25) is 0 Å². The van der Waals surface area contributed by atoms with Gasteiger partial charge in [0.05, 0.1) is 14.2 Å². The zero-order valence-electron chi connectivity index (χ0n) is 13.2. The van der Waals surface area contributed by atoms with E-state index in [2.05, 4.69) is 31.4 Å². The van der Waals surface area contributed by atoms with Gasteiger partial charge in [0, 0.05) is 6.04 Å². The van der Waals surface area contributed by atoms with Gasteiger partial charge in [-0.3, -0.25) is 0 Å². The van der Waals surface area contributed by atoms with Gasteiger partial charge in [-0.05, 0) is 49.4 Å². The molecule has 3 heteroatoms. The molecular weight excluding hydrogens is 250 g/mol. The van der Waals surface area contributed by atoms with Gasteiger partial charge in [-0.25, -0.2) is 0 Å². The zero-order valence-corrected chi connectivity index (χ0v) is 13.2. The minimum absolute atomic E-state index is 0.419. The molecule has 1 aromatic rings. The van der Waals surface area contributed by atoms with Crippen LogP contribution in [0.4, 0.5) is 0 Å². The Morgan fingerprint density at radius 2 is 1.80 bits per heavy atom. The molecule has 0 bridgehead atoms. The molecule has 0 saturated heterocycles. The summed E-state index contributed by atoms with van der Waals surface area (Å²) in [5.41, 5.74) is 1.72. The van der Waals surface area contributed by atoms with E-state index in [-0.39, 0.29) is 0 Å². The summed E-state index contributed by atoms with van der Waals surface area (Å²) in [5.74, 6) is 1.61.